The highest BCUT2D eigenvalue weighted by molar-refractivity contribution is 7.12. The maximum Gasteiger partial charge on any atom is 0.252 e. The van der Waals surface area contributed by atoms with Gasteiger partial charge < -0.3 is 10.2 Å². The number of hydrogen-bond donors (Lipinski definition) is 1. The zero-order valence-electron chi connectivity index (χ0n) is 17.8. The van der Waals surface area contributed by atoms with Crippen LogP contribution in [0, 0.1) is 12.8 Å². The molecule has 1 aliphatic heterocycles. The number of allylic oxidation sites excluding steroid dienone is 1. The van der Waals surface area contributed by atoms with E-state index in [2.05, 4.69) is 10.3 Å². The Labute approximate surface area is 181 Å². The first-order chi connectivity index (χ1) is 14.3. The maximum absolute atomic E-state index is 12.5. The molecule has 0 radical (unpaired) electrons. The first kappa shape index (κ1) is 21.9. The van der Waals surface area contributed by atoms with Crippen molar-refractivity contribution in [2.45, 2.75) is 47.2 Å². The smallest absolute Gasteiger partial charge is 0.252 e. The summed E-state index contributed by atoms with van der Waals surface area (Å²) < 4.78 is 0. The van der Waals surface area contributed by atoms with Crippen molar-refractivity contribution in [3.05, 3.63) is 62.6 Å². The fraction of sp³-hybridized carbons (Fsp3) is 0.391. The summed E-state index contributed by atoms with van der Waals surface area (Å²) >= 11 is 1.28. The summed E-state index contributed by atoms with van der Waals surface area (Å²) in [5.74, 6) is 0.101. The molecule has 1 aliphatic rings. The van der Waals surface area contributed by atoms with Crippen LogP contribution in [0.2, 0.25) is 0 Å². The van der Waals surface area contributed by atoms with Gasteiger partial charge in [0.2, 0.25) is 5.91 Å². The van der Waals surface area contributed by atoms with Crippen LogP contribution in [0.4, 0.5) is 0 Å². The van der Waals surface area contributed by atoms with Crippen LogP contribution < -0.4 is 5.32 Å². The fourth-order valence-electron chi connectivity index (χ4n) is 3.44. The summed E-state index contributed by atoms with van der Waals surface area (Å²) in [5, 5.41) is 4.65. The van der Waals surface area contributed by atoms with Crippen molar-refractivity contribution in [3.63, 3.8) is 0 Å². The van der Waals surface area contributed by atoms with Crippen molar-refractivity contribution in [2.75, 3.05) is 6.54 Å². The first-order valence-corrected chi connectivity index (χ1v) is 10.9. The number of aryl methyl sites for hydroxylation is 1. The summed E-state index contributed by atoms with van der Waals surface area (Å²) in [6, 6.07) is 1.63. The number of carbonyl (C=O) groups is 3. The lowest BCUT2D eigenvalue weighted by Gasteiger charge is -2.30. The largest absolute Gasteiger partial charge is 0.348 e. The molecule has 0 aliphatic carbocycles. The molecule has 3 rings (SSSR count). The van der Waals surface area contributed by atoms with Crippen molar-refractivity contribution >= 4 is 28.9 Å². The number of pyridine rings is 1. The monoisotopic (exact) mass is 425 g/mol. The zero-order valence-corrected chi connectivity index (χ0v) is 18.6. The molecule has 2 aromatic heterocycles. The SMILES string of the molecule is CC(=O)c1cc(C(=O)NCc2c(C)ncc3c2CCN(C(=O)/C=C/C(C)C)C3)cs1. The minimum Gasteiger partial charge on any atom is -0.348 e. The lowest BCUT2D eigenvalue weighted by atomic mass is 9.94. The van der Waals surface area contributed by atoms with Gasteiger partial charge in [0.05, 0.1) is 10.4 Å². The van der Waals surface area contributed by atoms with Crippen LogP contribution >= 0.6 is 11.3 Å². The van der Waals surface area contributed by atoms with Crippen LogP contribution in [-0.4, -0.2) is 34.0 Å². The van der Waals surface area contributed by atoms with Gasteiger partial charge in [-0.1, -0.05) is 19.9 Å². The van der Waals surface area contributed by atoms with Gasteiger partial charge in [0.15, 0.2) is 5.78 Å². The second kappa shape index (κ2) is 9.34. The third-order valence-electron chi connectivity index (χ3n) is 5.17. The number of ketones is 1. The second-order valence-corrected chi connectivity index (χ2v) is 8.79. The average molecular weight is 426 g/mol. The van der Waals surface area contributed by atoms with Crippen molar-refractivity contribution in [2.24, 2.45) is 5.92 Å². The number of nitrogens with zero attached hydrogens (tertiary/aromatic N) is 2. The molecule has 0 fully saturated rings. The minimum absolute atomic E-state index is 0.0171. The molecule has 2 aromatic rings. The van der Waals surface area contributed by atoms with Gasteiger partial charge in [-0.05, 0) is 55.0 Å². The molecule has 2 amide bonds. The molecule has 7 heteroatoms. The standard InChI is InChI=1S/C23H27N3O3S/c1-14(2)5-6-22(28)26-8-7-19-18(12-26)10-24-15(3)20(19)11-25-23(29)17-9-21(16(4)27)30-13-17/h5-6,9-10,13-14H,7-8,11-12H2,1-4H3,(H,25,29)/b6-5+. The van der Waals surface area contributed by atoms with Crippen LogP contribution in [0.5, 0.6) is 0 Å². The van der Waals surface area contributed by atoms with Gasteiger partial charge in [-0.3, -0.25) is 19.4 Å². The summed E-state index contributed by atoms with van der Waals surface area (Å²) in [6.07, 6.45) is 6.13. The molecule has 30 heavy (non-hydrogen) atoms. The number of fused-ring (bicyclic) bond motifs is 1. The van der Waals surface area contributed by atoms with Crippen LogP contribution in [-0.2, 0) is 24.3 Å². The highest BCUT2D eigenvalue weighted by atomic mass is 32.1. The van der Waals surface area contributed by atoms with E-state index in [9.17, 15) is 14.4 Å². The summed E-state index contributed by atoms with van der Waals surface area (Å²) in [7, 11) is 0. The Kier molecular flexibility index (Phi) is 6.82. The van der Waals surface area contributed by atoms with Gasteiger partial charge in [-0.15, -0.1) is 11.3 Å². The molecule has 0 bridgehead atoms. The molecular weight excluding hydrogens is 398 g/mol. The Hall–Kier alpha value is -2.80. The number of aromatic nitrogens is 1. The molecule has 0 saturated heterocycles. The Bertz CT molecular complexity index is 1010. The predicted molar refractivity (Wildman–Crippen MR) is 118 cm³/mol. The van der Waals surface area contributed by atoms with E-state index in [4.69, 9.17) is 0 Å². The normalized spacial score (nSPS) is 13.6. The Morgan fingerprint density at radius 1 is 1.33 bits per heavy atom. The Morgan fingerprint density at radius 2 is 2.10 bits per heavy atom. The van der Waals surface area contributed by atoms with Crippen molar-refractivity contribution < 1.29 is 14.4 Å². The Morgan fingerprint density at radius 3 is 2.77 bits per heavy atom. The lowest BCUT2D eigenvalue weighted by molar-refractivity contribution is -0.126. The number of hydrogen-bond acceptors (Lipinski definition) is 5. The molecule has 0 unspecified atom stereocenters. The topological polar surface area (TPSA) is 79.4 Å². The molecule has 1 N–H and O–H groups in total. The molecule has 158 valence electrons. The van der Waals surface area contributed by atoms with E-state index in [0.29, 0.717) is 36.0 Å². The molecule has 3 heterocycles. The van der Waals surface area contributed by atoms with E-state index >= 15 is 0 Å². The van der Waals surface area contributed by atoms with Crippen molar-refractivity contribution in [1.82, 2.24) is 15.2 Å². The van der Waals surface area contributed by atoms with Gasteiger partial charge in [-0.25, -0.2) is 0 Å². The maximum atomic E-state index is 12.5. The molecule has 6 nitrogen and oxygen atoms in total. The zero-order chi connectivity index (χ0) is 21.8. The Balaban J connectivity index is 1.71. The highest BCUT2D eigenvalue weighted by Gasteiger charge is 2.23. The van der Waals surface area contributed by atoms with E-state index in [1.54, 1.807) is 17.5 Å². The van der Waals surface area contributed by atoms with Gasteiger partial charge in [0.25, 0.3) is 5.91 Å². The van der Waals surface area contributed by atoms with E-state index in [-0.39, 0.29) is 17.6 Å². The highest BCUT2D eigenvalue weighted by Crippen LogP contribution is 2.24. The summed E-state index contributed by atoms with van der Waals surface area (Å²) in [5.41, 5.74) is 4.57. The second-order valence-electron chi connectivity index (χ2n) is 7.88. The van der Waals surface area contributed by atoms with Gasteiger partial charge in [-0.2, -0.15) is 0 Å². The molecule has 0 atom stereocenters. The van der Waals surface area contributed by atoms with Crippen molar-refractivity contribution in [1.29, 1.82) is 0 Å². The molecule has 0 spiro atoms. The summed E-state index contributed by atoms with van der Waals surface area (Å²) in [4.78, 5) is 43.3. The van der Waals surface area contributed by atoms with Gasteiger partial charge in [0.1, 0.15) is 0 Å². The van der Waals surface area contributed by atoms with E-state index in [1.807, 2.05) is 37.9 Å². The average Bonchev–Trinajstić information content (AvgIpc) is 3.21. The number of nitrogens with one attached hydrogen (secondary N) is 1. The van der Waals surface area contributed by atoms with Gasteiger partial charge in [0, 0.05) is 36.9 Å². The summed E-state index contributed by atoms with van der Waals surface area (Å²) in [6.45, 7) is 9.05. The van der Waals surface area contributed by atoms with Crippen LogP contribution in [0.3, 0.4) is 0 Å². The van der Waals surface area contributed by atoms with E-state index in [0.717, 1.165) is 28.8 Å². The van der Waals surface area contributed by atoms with Gasteiger partial charge >= 0.3 is 0 Å². The number of Topliss-reactive ketones (excluding diaryl/α,β-unsaturated/α-hetero) is 1. The number of carbonyl (C=O) groups excluding carboxylic acids is 3. The van der Waals surface area contributed by atoms with E-state index in [1.165, 1.54) is 18.3 Å². The minimum atomic E-state index is -0.206. The van der Waals surface area contributed by atoms with E-state index < -0.39 is 0 Å². The third kappa shape index (κ3) is 5.02. The number of thiophene rings is 1. The predicted octanol–water partition coefficient (Wildman–Crippen LogP) is 3.68. The lowest BCUT2D eigenvalue weighted by Crippen LogP contribution is -2.36. The number of rotatable bonds is 6. The van der Waals surface area contributed by atoms with Crippen LogP contribution in [0.1, 0.15) is 63.2 Å². The molecular formula is C23H27N3O3S. The third-order valence-corrected chi connectivity index (χ3v) is 6.20. The molecule has 0 aromatic carbocycles. The van der Waals surface area contributed by atoms with Crippen LogP contribution in [0.15, 0.2) is 29.8 Å². The number of amides is 2. The quantitative estimate of drug-likeness (QED) is 0.566. The first-order valence-electron chi connectivity index (χ1n) is 10.1. The fourth-order valence-corrected chi connectivity index (χ4v) is 4.23. The molecule has 0 saturated carbocycles. The van der Waals surface area contributed by atoms with Crippen LogP contribution in [0.25, 0.3) is 0 Å². The van der Waals surface area contributed by atoms with Crippen molar-refractivity contribution in [3.8, 4) is 0 Å².